The third kappa shape index (κ3) is 13.9. The molecule has 0 bridgehead atoms. The fourth-order valence-electron chi connectivity index (χ4n) is 6.94. The van der Waals surface area contributed by atoms with Gasteiger partial charge in [-0.2, -0.15) is 10.2 Å². The summed E-state index contributed by atoms with van der Waals surface area (Å²) in [6.07, 6.45) is 5.56. The number of rotatable bonds is 16. The number of primary amides is 1. The van der Waals surface area contributed by atoms with E-state index >= 15 is 0 Å². The minimum atomic E-state index is -0.993. The molecule has 21 heteroatoms. The van der Waals surface area contributed by atoms with Crippen molar-refractivity contribution in [2.24, 2.45) is 11.7 Å². The number of carboxylic acids is 1. The van der Waals surface area contributed by atoms with Gasteiger partial charge in [-0.3, -0.25) is 38.1 Å². The Kier molecular flexibility index (Phi) is 17.3. The number of nitrogens with two attached hydrogens (primary N) is 1. The molecule has 6 aromatic rings. The van der Waals surface area contributed by atoms with Crippen LogP contribution in [0.1, 0.15) is 77.6 Å². The molecule has 2 aromatic heterocycles. The van der Waals surface area contributed by atoms with Gasteiger partial charge in [0.25, 0.3) is 5.91 Å². The quantitative estimate of drug-likeness (QED) is 0.0685. The maximum absolute atomic E-state index is 14.0. The molecule has 0 spiro atoms. The fourth-order valence-corrected chi connectivity index (χ4v) is 8.05. The van der Waals surface area contributed by atoms with E-state index in [1.807, 2.05) is 0 Å². The maximum Gasteiger partial charge on any atom is 0.325 e. The zero-order chi connectivity index (χ0) is 48.5. The number of carbonyl (C=O) groups excluding carboxylic acids is 5. The van der Waals surface area contributed by atoms with Gasteiger partial charge in [-0.25, -0.2) is 8.78 Å². The minimum Gasteiger partial charge on any atom is -0.480 e. The van der Waals surface area contributed by atoms with Gasteiger partial charge in [-0.05, 0) is 73.7 Å². The van der Waals surface area contributed by atoms with Crippen LogP contribution < -0.4 is 16.4 Å². The van der Waals surface area contributed by atoms with E-state index in [4.69, 9.17) is 34.0 Å². The number of amides is 4. The van der Waals surface area contributed by atoms with Gasteiger partial charge >= 0.3 is 5.97 Å². The van der Waals surface area contributed by atoms with Crippen molar-refractivity contribution in [3.05, 3.63) is 126 Å². The summed E-state index contributed by atoms with van der Waals surface area (Å²) in [5, 5.41) is 23.6. The van der Waals surface area contributed by atoms with E-state index in [0.717, 1.165) is 34.1 Å². The highest BCUT2D eigenvalue weighted by Crippen LogP contribution is 2.33. The number of aliphatic carboxylic acids is 1. The summed E-state index contributed by atoms with van der Waals surface area (Å²) in [5.74, 6) is -2.92. The SMILES string of the molecule is CC(=O)c1nn(CC(=O)O)c2ccc(Br)cc12.NC(=O)c1nn(CC(=O)N(CC(=O)NCc2cccc(Cl)c2F)C2CC2)c2ccc(Br)cc12.O=C(CCC1CC1)NCc1cccc(Cl)c1F. The Balaban J connectivity index is 0.000000183. The van der Waals surface area contributed by atoms with Gasteiger partial charge in [0.05, 0.1) is 27.6 Å². The van der Waals surface area contributed by atoms with E-state index in [0.29, 0.717) is 39.5 Å². The first-order valence-corrected chi connectivity index (χ1v) is 23.3. The van der Waals surface area contributed by atoms with Crippen LogP contribution in [0, 0.1) is 17.6 Å². The number of hydrogen-bond acceptors (Lipinski definition) is 8. The monoisotopic (exact) mass is 1090 g/mol. The molecule has 15 nitrogen and oxygen atoms in total. The van der Waals surface area contributed by atoms with Crippen LogP contribution in [-0.4, -0.2) is 77.5 Å². The van der Waals surface area contributed by atoms with Gasteiger partial charge in [-0.15, -0.1) is 0 Å². The van der Waals surface area contributed by atoms with Crippen LogP contribution in [0.3, 0.4) is 0 Å². The van der Waals surface area contributed by atoms with Crippen molar-refractivity contribution in [1.82, 2.24) is 35.1 Å². The number of hydrogen-bond donors (Lipinski definition) is 4. The van der Waals surface area contributed by atoms with Gasteiger partial charge in [0.1, 0.15) is 30.4 Å². The minimum absolute atomic E-state index is 0.0173. The van der Waals surface area contributed by atoms with E-state index in [1.165, 1.54) is 52.2 Å². The Hall–Kier alpha value is -5.76. The zero-order valence-corrected chi connectivity index (χ0v) is 40.5. The van der Waals surface area contributed by atoms with Crippen LogP contribution in [0.4, 0.5) is 8.78 Å². The van der Waals surface area contributed by atoms with Crippen LogP contribution in [0.2, 0.25) is 10.0 Å². The highest BCUT2D eigenvalue weighted by molar-refractivity contribution is 9.10. The second kappa shape index (κ2) is 22.8. The predicted molar refractivity (Wildman–Crippen MR) is 254 cm³/mol. The van der Waals surface area contributed by atoms with Crippen molar-refractivity contribution < 1.29 is 42.7 Å². The van der Waals surface area contributed by atoms with E-state index in [1.54, 1.807) is 54.6 Å². The number of ketones is 1. The maximum atomic E-state index is 14.0. The highest BCUT2D eigenvalue weighted by atomic mass is 79.9. The van der Waals surface area contributed by atoms with Crippen LogP contribution in [-0.2, 0) is 45.4 Å². The Bertz CT molecular complexity index is 2870. The second-order valence-corrected chi connectivity index (χ2v) is 18.5. The number of fused-ring (bicyclic) bond motifs is 2. The highest BCUT2D eigenvalue weighted by Gasteiger charge is 2.34. The smallest absolute Gasteiger partial charge is 0.325 e. The summed E-state index contributed by atoms with van der Waals surface area (Å²) >= 11 is 18.1. The van der Waals surface area contributed by atoms with Crippen molar-refractivity contribution in [1.29, 1.82) is 0 Å². The second-order valence-electron chi connectivity index (χ2n) is 15.9. The van der Waals surface area contributed by atoms with Crippen LogP contribution in [0.15, 0.2) is 81.7 Å². The predicted octanol–water partition coefficient (Wildman–Crippen LogP) is 8.37. The molecule has 4 aromatic carbocycles. The lowest BCUT2D eigenvalue weighted by Crippen LogP contribution is -2.43. The third-order valence-corrected chi connectivity index (χ3v) is 12.2. The molecule has 8 rings (SSSR count). The number of carbonyl (C=O) groups is 6. The van der Waals surface area contributed by atoms with Crippen molar-refractivity contribution in [3.8, 4) is 0 Å². The van der Waals surface area contributed by atoms with E-state index < -0.39 is 29.4 Å². The number of nitrogens with one attached hydrogen (secondary N) is 2. The van der Waals surface area contributed by atoms with Crippen molar-refractivity contribution in [3.63, 3.8) is 0 Å². The molecule has 0 radical (unpaired) electrons. The number of benzene rings is 4. The Morgan fingerprint density at radius 1 is 0.761 bits per heavy atom. The third-order valence-electron chi connectivity index (χ3n) is 10.7. The standard InChI is InChI=1S/C22H20BrClFN5O3.C13H15ClFNO.C11H9BrN2O3/c23-13-4-7-17-15(8-13)21(22(26)33)28-30(17)11-19(32)29(14-5-6-14)10-18(31)27-9-12-2-1-3-16(24)20(12)25;14-11-3-1-2-10(13(11)15)8-16-12(17)7-6-9-4-5-9;1-6(15)11-8-4-7(12)2-3-9(8)14(13-11)5-10(16)17/h1-4,7-8,14H,5-6,9-11H2,(H2,26,33)(H,27,31);1-3,9H,4-8H2,(H,16,17);2-4H,5H2,1H3,(H,16,17). The first-order chi connectivity index (χ1) is 31.9. The molecular formula is C46H44Br2Cl2F2N8O7. The molecule has 352 valence electrons. The number of carboxylic acid groups (broad SMARTS) is 1. The molecule has 0 aliphatic heterocycles. The topological polar surface area (TPSA) is 212 Å². The molecule has 5 N–H and O–H groups in total. The first kappa shape index (κ1) is 50.6. The van der Waals surface area contributed by atoms with E-state index in [-0.39, 0.29) is 77.7 Å². The van der Waals surface area contributed by atoms with Gasteiger partial charge in [0.2, 0.25) is 17.7 Å². The summed E-state index contributed by atoms with van der Waals surface area (Å²) in [6, 6.07) is 19.8. The molecular weight excluding hydrogens is 1050 g/mol. The van der Waals surface area contributed by atoms with Crippen molar-refractivity contribution >= 4 is 112 Å². The molecule has 2 aliphatic rings. The van der Waals surface area contributed by atoms with Gasteiger partial charge in [0.15, 0.2) is 11.5 Å². The molecule has 67 heavy (non-hydrogen) atoms. The van der Waals surface area contributed by atoms with E-state index in [9.17, 15) is 37.5 Å². The molecule has 2 heterocycles. The van der Waals surface area contributed by atoms with Crippen LogP contribution in [0.5, 0.6) is 0 Å². The Morgan fingerprint density at radius 3 is 1.76 bits per heavy atom. The Labute approximate surface area is 409 Å². The van der Waals surface area contributed by atoms with Gasteiger partial charge < -0.3 is 26.4 Å². The molecule has 0 atom stereocenters. The first-order valence-electron chi connectivity index (χ1n) is 20.9. The summed E-state index contributed by atoms with van der Waals surface area (Å²) in [7, 11) is 0. The summed E-state index contributed by atoms with van der Waals surface area (Å²) in [5.41, 5.74) is 7.71. The molecule has 4 amide bonds. The number of nitrogens with zero attached hydrogens (tertiary/aromatic N) is 5. The van der Waals surface area contributed by atoms with Crippen molar-refractivity contribution in [2.75, 3.05) is 6.54 Å². The number of halogens is 6. The van der Waals surface area contributed by atoms with Crippen LogP contribution in [0.25, 0.3) is 21.8 Å². The van der Waals surface area contributed by atoms with Gasteiger partial charge in [-0.1, -0.05) is 92.2 Å². The molecule has 0 saturated heterocycles. The lowest BCUT2D eigenvalue weighted by Gasteiger charge is -2.22. The largest absolute Gasteiger partial charge is 0.480 e. The van der Waals surface area contributed by atoms with E-state index in [2.05, 4.69) is 52.7 Å². The molecule has 0 unspecified atom stereocenters. The van der Waals surface area contributed by atoms with Crippen molar-refractivity contribution in [2.45, 2.75) is 77.7 Å². The Morgan fingerprint density at radius 2 is 1.27 bits per heavy atom. The zero-order valence-electron chi connectivity index (χ0n) is 35.8. The lowest BCUT2D eigenvalue weighted by molar-refractivity contribution is -0.138. The molecule has 2 aliphatic carbocycles. The molecule has 2 fully saturated rings. The summed E-state index contributed by atoms with van der Waals surface area (Å²) in [4.78, 5) is 72.5. The summed E-state index contributed by atoms with van der Waals surface area (Å²) in [6.45, 7) is 0.991. The normalized spacial score (nSPS) is 12.9. The average molecular weight is 1090 g/mol. The fraction of sp³-hybridized carbons (Fsp3) is 0.304. The number of Topliss-reactive ketones (excluding diaryl/α,β-unsaturated/α-hetero) is 1. The van der Waals surface area contributed by atoms with Crippen LogP contribution >= 0.6 is 55.1 Å². The summed E-state index contributed by atoms with van der Waals surface area (Å²) < 4.78 is 31.8. The number of aromatic nitrogens is 4. The van der Waals surface area contributed by atoms with Gasteiger partial charge in [0, 0.05) is 63.3 Å². The average Bonchev–Trinajstić information content (AvgIpc) is 4.22. The molecule has 2 saturated carbocycles. The lowest BCUT2D eigenvalue weighted by atomic mass is 10.2.